The van der Waals surface area contributed by atoms with Gasteiger partial charge in [-0.05, 0) is 49.2 Å². The Labute approximate surface area is 165 Å². The number of nitrogens with zero attached hydrogens (tertiary/aromatic N) is 1. The summed E-state index contributed by atoms with van der Waals surface area (Å²) in [5.74, 6) is 0.719. The molecule has 0 atom stereocenters. The van der Waals surface area contributed by atoms with Gasteiger partial charge in [-0.2, -0.15) is 0 Å². The predicted molar refractivity (Wildman–Crippen MR) is 109 cm³/mol. The monoisotopic (exact) mass is 388 g/mol. The first-order valence-electron chi connectivity index (χ1n) is 9.15. The molecule has 0 aliphatic carbocycles. The van der Waals surface area contributed by atoms with E-state index in [9.17, 15) is 4.79 Å². The lowest BCUT2D eigenvalue weighted by molar-refractivity contribution is -0.116. The first-order chi connectivity index (χ1) is 13.0. The minimum atomic E-state index is -0.0999. The van der Waals surface area contributed by atoms with E-state index in [1.807, 2.05) is 44.2 Å². The van der Waals surface area contributed by atoms with Gasteiger partial charge in [0, 0.05) is 18.1 Å². The van der Waals surface area contributed by atoms with E-state index in [0.717, 1.165) is 41.3 Å². The number of halogens is 1. The van der Waals surface area contributed by atoms with Gasteiger partial charge >= 0.3 is 0 Å². The average molecular weight is 389 g/mol. The van der Waals surface area contributed by atoms with E-state index in [-0.39, 0.29) is 12.3 Å². The molecule has 0 aromatic heterocycles. The Bertz CT molecular complexity index is 804. The van der Waals surface area contributed by atoms with Crippen molar-refractivity contribution in [3.05, 3.63) is 52.5 Å². The van der Waals surface area contributed by atoms with E-state index in [1.165, 1.54) is 0 Å². The first kappa shape index (κ1) is 19.5. The predicted octanol–water partition coefficient (Wildman–Crippen LogP) is 4.20. The highest BCUT2D eigenvalue weighted by molar-refractivity contribution is 6.31. The Kier molecular flexibility index (Phi) is 6.58. The van der Waals surface area contributed by atoms with Crippen LogP contribution in [0.3, 0.4) is 0 Å². The fraction of sp³-hybridized carbons (Fsp3) is 0.381. The molecule has 1 aliphatic rings. The zero-order chi connectivity index (χ0) is 19.2. The maximum absolute atomic E-state index is 12.4. The quantitative estimate of drug-likeness (QED) is 0.805. The number of amides is 1. The number of hydrogen-bond donors (Lipinski definition) is 1. The van der Waals surface area contributed by atoms with Crippen molar-refractivity contribution in [1.82, 2.24) is 0 Å². The van der Waals surface area contributed by atoms with Crippen LogP contribution in [0.1, 0.15) is 17.5 Å². The molecule has 2 aromatic rings. The molecule has 1 saturated heterocycles. The molecule has 3 rings (SSSR count). The highest BCUT2D eigenvalue weighted by atomic mass is 35.5. The van der Waals surface area contributed by atoms with Gasteiger partial charge in [-0.25, -0.2) is 0 Å². The summed E-state index contributed by atoms with van der Waals surface area (Å²) in [6, 6.07) is 11.6. The molecule has 0 unspecified atom stereocenters. The molecular formula is C21H25ClN2O3. The number of anilines is 2. The maximum Gasteiger partial charge on any atom is 0.227 e. The molecule has 1 heterocycles. The zero-order valence-corrected chi connectivity index (χ0v) is 16.5. The summed E-state index contributed by atoms with van der Waals surface area (Å²) in [7, 11) is 0. The largest absolute Gasteiger partial charge is 0.493 e. The van der Waals surface area contributed by atoms with Gasteiger partial charge in [0.15, 0.2) is 0 Å². The molecule has 6 heteroatoms. The van der Waals surface area contributed by atoms with Crippen molar-refractivity contribution in [2.45, 2.75) is 20.3 Å². The number of nitrogens with one attached hydrogen (secondary N) is 1. The number of benzene rings is 2. The zero-order valence-electron chi connectivity index (χ0n) is 15.8. The highest BCUT2D eigenvalue weighted by Crippen LogP contribution is 2.30. The van der Waals surface area contributed by atoms with Crippen LogP contribution in [0.2, 0.25) is 5.02 Å². The maximum atomic E-state index is 12.4. The standard InChI is InChI=1S/C21H25ClN2O3/c1-15-3-4-16(2)20(13-15)27-10-7-21(25)23-18-14-17(22)5-6-19(18)24-8-11-26-12-9-24/h3-6,13-14H,7-12H2,1-2H3,(H,23,25). The molecule has 1 fully saturated rings. The molecule has 1 amide bonds. The Morgan fingerprint density at radius 3 is 2.74 bits per heavy atom. The molecule has 0 radical (unpaired) electrons. The van der Waals surface area contributed by atoms with Crippen LogP contribution in [0.5, 0.6) is 5.75 Å². The van der Waals surface area contributed by atoms with Crippen LogP contribution in [-0.4, -0.2) is 38.8 Å². The summed E-state index contributed by atoms with van der Waals surface area (Å²) in [4.78, 5) is 14.6. The van der Waals surface area contributed by atoms with E-state index in [4.69, 9.17) is 21.1 Å². The van der Waals surface area contributed by atoms with Crippen LogP contribution in [0, 0.1) is 13.8 Å². The number of hydrogen-bond acceptors (Lipinski definition) is 4. The van der Waals surface area contributed by atoms with Crippen molar-refractivity contribution in [2.75, 3.05) is 43.1 Å². The summed E-state index contributed by atoms with van der Waals surface area (Å²) in [6.07, 6.45) is 0.266. The van der Waals surface area contributed by atoms with Gasteiger partial charge in [0.25, 0.3) is 0 Å². The van der Waals surface area contributed by atoms with E-state index in [0.29, 0.717) is 24.8 Å². The van der Waals surface area contributed by atoms with Gasteiger partial charge in [-0.1, -0.05) is 23.7 Å². The fourth-order valence-corrected chi connectivity index (χ4v) is 3.19. The third-order valence-electron chi connectivity index (χ3n) is 4.51. The number of morpholine rings is 1. The Morgan fingerprint density at radius 2 is 1.96 bits per heavy atom. The van der Waals surface area contributed by atoms with Gasteiger partial charge in [-0.15, -0.1) is 0 Å². The summed E-state index contributed by atoms with van der Waals surface area (Å²) >= 11 is 6.14. The number of aryl methyl sites for hydroxylation is 2. The summed E-state index contributed by atoms with van der Waals surface area (Å²) in [5, 5.41) is 3.57. The van der Waals surface area contributed by atoms with Crippen molar-refractivity contribution in [3.8, 4) is 5.75 Å². The third kappa shape index (κ3) is 5.37. The topological polar surface area (TPSA) is 50.8 Å². The molecule has 1 aliphatic heterocycles. The number of rotatable bonds is 6. The highest BCUT2D eigenvalue weighted by Gasteiger charge is 2.16. The molecule has 2 aromatic carbocycles. The van der Waals surface area contributed by atoms with Gasteiger partial charge in [0.2, 0.25) is 5.91 Å². The molecule has 0 saturated carbocycles. The Morgan fingerprint density at radius 1 is 1.19 bits per heavy atom. The molecule has 0 spiro atoms. The van der Waals surface area contributed by atoms with Gasteiger partial charge in [-0.3, -0.25) is 4.79 Å². The second kappa shape index (κ2) is 9.11. The molecule has 144 valence electrons. The van der Waals surface area contributed by atoms with Crippen molar-refractivity contribution in [1.29, 1.82) is 0 Å². The Hall–Kier alpha value is -2.24. The second-order valence-corrected chi connectivity index (χ2v) is 7.11. The third-order valence-corrected chi connectivity index (χ3v) is 4.75. The van der Waals surface area contributed by atoms with Crippen LogP contribution in [0.15, 0.2) is 36.4 Å². The minimum Gasteiger partial charge on any atom is -0.493 e. The van der Waals surface area contributed by atoms with Crippen molar-refractivity contribution >= 4 is 28.9 Å². The number of carbonyl (C=O) groups is 1. The molecular weight excluding hydrogens is 364 g/mol. The van der Waals surface area contributed by atoms with Crippen LogP contribution >= 0.6 is 11.6 Å². The molecule has 1 N–H and O–H groups in total. The molecule has 0 bridgehead atoms. The average Bonchev–Trinajstić information content (AvgIpc) is 2.65. The SMILES string of the molecule is Cc1ccc(C)c(OCCC(=O)Nc2cc(Cl)ccc2N2CCOCC2)c1. The lowest BCUT2D eigenvalue weighted by atomic mass is 10.1. The smallest absolute Gasteiger partial charge is 0.227 e. The lowest BCUT2D eigenvalue weighted by Gasteiger charge is -2.30. The van der Waals surface area contributed by atoms with E-state index in [2.05, 4.69) is 10.2 Å². The lowest BCUT2D eigenvalue weighted by Crippen LogP contribution is -2.36. The molecule has 5 nitrogen and oxygen atoms in total. The van der Waals surface area contributed by atoms with Crippen LogP contribution in [-0.2, 0) is 9.53 Å². The van der Waals surface area contributed by atoms with Gasteiger partial charge in [0.05, 0.1) is 37.6 Å². The van der Waals surface area contributed by atoms with E-state index < -0.39 is 0 Å². The number of carbonyl (C=O) groups excluding carboxylic acids is 1. The van der Waals surface area contributed by atoms with E-state index in [1.54, 1.807) is 6.07 Å². The van der Waals surface area contributed by atoms with Crippen LogP contribution < -0.4 is 15.0 Å². The van der Waals surface area contributed by atoms with Gasteiger partial charge in [0.1, 0.15) is 5.75 Å². The fourth-order valence-electron chi connectivity index (χ4n) is 3.02. The first-order valence-corrected chi connectivity index (χ1v) is 9.53. The number of ether oxygens (including phenoxy) is 2. The van der Waals surface area contributed by atoms with E-state index >= 15 is 0 Å². The van der Waals surface area contributed by atoms with Gasteiger partial charge < -0.3 is 19.7 Å². The van der Waals surface area contributed by atoms with Crippen LogP contribution in [0.25, 0.3) is 0 Å². The van der Waals surface area contributed by atoms with Crippen molar-refractivity contribution < 1.29 is 14.3 Å². The van der Waals surface area contributed by atoms with Crippen LogP contribution in [0.4, 0.5) is 11.4 Å². The minimum absolute atomic E-state index is 0.0999. The summed E-state index contributed by atoms with van der Waals surface area (Å²) < 4.78 is 11.2. The molecule has 27 heavy (non-hydrogen) atoms. The summed E-state index contributed by atoms with van der Waals surface area (Å²) in [5.41, 5.74) is 3.88. The summed E-state index contributed by atoms with van der Waals surface area (Å²) in [6.45, 7) is 7.28. The normalized spacial score (nSPS) is 14.1. The van der Waals surface area contributed by atoms with Crippen molar-refractivity contribution in [3.63, 3.8) is 0 Å². The Balaban J connectivity index is 1.60. The van der Waals surface area contributed by atoms with Crippen molar-refractivity contribution in [2.24, 2.45) is 0 Å². The second-order valence-electron chi connectivity index (χ2n) is 6.68.